The first-order valence-corrected chi connectivity index (χ1v) is 6.60. The molecule has 104 valence electrons. The minimum Gasteiger partial charge on any atom is -0.399 e. The van der Waals surface area contributed by atoms with Gasteiger partial charge in [-0.05, 0) is 30.0 Å². The Hall–Kier alpha value is -1.34. The topological polar surface area (TPSA) is 55.6 Å². The van der Waals surface area contributed by atoms with Crippen LogP contribution in [0.3, 0.4) is 0 Å². The number of hydrogen-bond donors (Lipinski definition) is 1. The summed E-state index contributed by atoms with van der Waals surface area (Å²) >= 11 is 0.216. The van der Waals surface area contributed by atoms with Crippen LogP contribution >= 0.6 is 11.8 Å². The summed E-state index contributed by atoms with van der Waals surface area (Å²) in [5, 5.41) is -3.49. The summed E-state index contributed by atoms with van der Waals surface area (Å²) in [6.07, 6.45) is 0. The molecule has 19 heavy (non-hydrogen) atoms. The van der Waals surface area contributed by atoms with E-state index in [1.54, 1.807) is 12.1 Å². The number of morpholine rings is 1. The molecule has 1 fully saturated rings. The molecule has 0 aromatic heterocycles. The number of anilines is 1. The van der Waals surface area contributed by atoms with Crippen molar-refractivity contribution in [3.8, 4) is 0 Å². The zero-order chi connectivity index (χ0) is 13.9. The van der Waals surface area contributed by atoms with Gasteiger partial charge in [0.1, 0.15) is 0 Å². The molecule has 0 saturated carbocycles. The van der Waals surface area contributed by atoms with Gasteiger partial charge in [-0.1, -0.05) is 6.07 Å². The number of alkyl halides is 2. The number of benzene rings is 1. The van der Waals surface area contributed by atoms with Crippen molar-refractivity contribution in [2.24, 2.45) is 0 Å². The fraction of sp³-hybridized carbons (Fsp3) is 0.417. The second kappa shape index (κ2) is 5.75. The minimum absolute atomic E-state index is 0.200. The van der Waals surface area contributed by atoms with Gasteiger partial charge in [-0.2, -0.15) is 8.78 Å². The first-order chi connectivity index (χ1) is 8.99. The molecule has 1 amide bonds. The van der Waals surface area contributed by atoms with Crippen LogP contribution in [0, 0.1) is 0 Å². The van der Waals surface area contributed by atoms with E-state index >= 15 is 0 Å². The Labute approximate surface area is 113 Å². The summed E-state index contributed by atoms with van der Waals surface area (Å²) in [6, 6.07) is 6.10. The van der Waals surface area contributed by atoms with Crippen LogP contribution in [0.4, 0.5) is 14.5 Å². The monoisotopic (exact) mass is 288 g/mol. The summed E-state index contributed by atoms with van der Waals surface area (Å²) in [4.78, 5) is 13.2. The van der Waals surface area contributed by atoms with Gasteiger partial charge in [-0.15, -0.1) is 0 Å². The SMILES string of the molecule is Nc1cccc(SC(F)(F)C(=O)N2CCOCC2)c1. The lowest BCUT2D eigenvalue weighted by Gasteiger charge is -2.29. The molecule has 0 bridgehead atoms. The average molecular weight is 288 g/mol. The number of nitrogen functional groups attached to an aromatic ring is 1. The van der Waals surface area contributed by atoms with Crippen LogP contribution < -0.4 is 5.73 Å². The molecule has 7 heteroatoms. The Morgan fingerprint density at radius 1 is 1.37 bits per heavy atom. The summed E-state index contributed by atoms with van der Waals surface area (Å²) < 4.78 is 32.9. The fourth-order valence-electron chi connectivity index (χ4n) is 1.72. The normalized spacial score (nSPS) is 16.4. The van der Waals surface area contributed by atoms with E-state index in [1.165, 1.54) is 12.1 Å². The van der Waals surface area contributed by atoms with Gasteiger partial charge in [-0.3, -0.25) is 4.79 Å². The molecule has 1 heterocycles. The predicted octanol–water partition coefficient (Wildman–Crippen LogP) is 1.81. The van der Waals surface area contributed by atoms with Gasteiger partial charge in [0.2, 0.25) is 0 Å². The van der Waals surface area contributed by atoms with Gasteiger partial charge in [0.05, 0.1) is 13.2 Å². The molecular formula is C12H14F2N2O2S. The standard InChI is InChI=1S/C12H14F2N2O2S/c13-12(14,11(17)16-4-6-18-7-5-16)19-10-3-1-2-9(15)8-10/h1-3,8H,4-7,15H2. The molecular weight excluding hydrogens is 274 g/mol. The number of nitrogens with zero attached hydrogens (tertiary/aromatic N) is 1. The molecule has 0 aliphatic carbocycles. The van der Waals surface area contributed by atoms with Crippen molar-refractivity contribution >= 4 is 23.4 Å². The largest absolute Gasteiger partial charge is 0.399 e. The quantitative estimate of drug-likeness (QED) is 0.681. The van der Waals surface area contributed by atoms with Gasteiger partial charge >= 0.3 is 11.2 Å². The number of carbonyl (C=O) groups excluding carboxylic acids is 1. The number of hydrogen-bond acceptors (Lipinski definition) is 4. The number of amides is 1. The molecule has 2 rings (SSSR count). The molecule has 1 aliphatic heterocycles. The third-order valence-electron chi connectivity index (χ3n) is 2.65. The van der Waals surface area contributed by atoms with Crippen molar-refractivity contribution in [3.05, 3.63) is 24.3 Å². The summed E-state index contributed by atoms with van der Waals surface area (Å²) in [6.45, 7) is 0.993. The Bertz CT molecular complexity index is 465. The van der Waals surface area contributed by atoms with Crippen molar-refractivity contribution in [3.63, 3.8) is 0 Å². The van der Waals surface area contributed by atoms with Crippen LogP contribution in [0.25, 0.3) is 0 Å². The second-order valence-corrected chi connectivity index (χ2v) is 5.28. The number of ether oxygens (including phenoxy) is 1. The van der Waals surface area contributed by atoms with Gasteiger partial charge in [0.25, 0.3) is 0 Å². The molecule has 1 saturated heterocycles. The third kappa shape index (κ3) is 3.57. The molecule has 4 nitrogen and oxygen atoms in total. The number of carbonyl (C=O) groups is 1. The molecule has 1 aromatic carbocycles. The predicted molar refractivity (Wildman–Crippen MR) is 69.1 cm³/mol. The molecule has 0 radical (unpaired) electrons. The number of rotatable bonds is 3. The van der Waals surface area contributed by atoms with Crippen molar-refractivity contribution in [1.29, 1.82) is 0 Å². The average Bonchev–Trinajstić information content (AvgIpc) is 2.38. The maximum atomic E-state index is 13.9. The summed E-state index contributed by atoms with van der Waals surface area (Å²) in [7, 11) is 0. The van der Waals surface area contributed by atoms with Crippen molar-refractivity contribution in [1.82, 2.24) is 4.90 Å². The molecule has 0 unspecified atom stereocenters. The summed E-state index contributed by atoms with van der Waals surface area (Å²) in [5.74, 6) is -1.18. The number of halogens is 2. The maximum Gasteiger partial charge on any atom is 0.375 e. The van der Waals surface area contributed by atoms with E-state index in [1.807, 2.05) is 0 Å². The third-order valence-corrected chi connectivity index (χ3v) is 3.57. The Kier molecular flexibility index (Phi) is 4.26. The van der Waals surface area contributed by atoms with Gasteiger partial charge in [0.15, 0.2) is 0 Å². The maximum absolute atomic E-state index is 13.9. The highest BCUT2D eigenvalue weighted by atomic mass is 32.2. The van der Waals surface area contributed by atoms with Crippen LogP contribution in [0.5, 0.6) is 0 Å². The molecule has 1 aliphatic rings. The van der Waals surface area contributed by atoms with Crippen molar-refractivity contribution in [2.75, 3.05) is 32.0 Å². The number of thioether (sulfide) groups is 1. The minimum atomic E-state index is -3.49. The second-order valence-electron chi connectivity index (χ2n) is 4.10. The van der Waals surface area contributed by atoms with E-state index in [0.717, 1.165) is 4.90 Å². The Morgan fingerprint density at radius 3 is 2.68 bits per heavy atom. The zero-order valence-electron chi connectivity index (χ0n) is 10.1. The fourth-order valence-corrected chi connectivity index (χ4v) is 2.57. The van der Waals surface area contributed by atoms with Crippen LogP contribution in [0.1, 0.15) is 0 Å². The molecule has 0 atom stereocenters. The van der Waals surface area contributed by atoms with Gasteiger partial charge in [0, 0.05) is 23.7 Å². The highest BCUT2D eigenvalue weighted by Gasteiger charge is 2.43. The zero-order valence-corrected chi connectivity index (χ0v) is 11.0. The van der Waals surface area contributed by atoms with Crippen LogP contribution in [0.2, 0.25) is 0 Å². The van der Waals surface area contributed by atoms with E-state index < -0.39 is 11.2 Å². The van der Waals surface area contributed by atoms with E-state index in [0.29, 0.717) is 18.9 Å². The van der Waals surface area contributed by atoms with Crippen molar-refractivity contribution in [2.45, 2.75) is 10.2 Å². The highest BCUT2D eigenvalue weighted by molar-refractivity contribution is 8.01. The van der Waals surface area contributed by atoms with E-state index in [4.69, 9.17) is 10.5 Å². The first kappa shape index (κ1) is 14.1. The van der Waals surface area contributed by atoms with E-state index in [2.05, 4.69) is 0 Å². The van der Waals surface area contributed by atoms with Crippen LogP contribution in [0.15, 0.2) is 29.2 Å². The lowest BCUT2D eigenvalue weighted by atomic mass is 10.3. The first-order valence-electron chi connectivity index (χ1n) is 5.78. The lowest BCUT2D eigenvalue weighted by molar-refractivity contribution is -0.150. The highest BCUT2D eigenvalue weighted by Crippen LogP contribution is 2.38. The van der Waals surface area contributed by atoms with E-state index in [-0.39, 0.29) is 29.7 Å². The molecule has 1 aromatic rings. The summed E-state index contributed by atoms with van der Waals surface area (Å²) in [5.41, 5.74) is 5.91. The van der Waals surface area contributed by atoms with Gasteiger partial charge < -0.3 is 15.4 Å². The molecule has 0 spiro atoms. The van der Waals surface area contributed by atoms with E-state index in [9.17, 15) is 13.6 Å². The number of nitrogens with two attached hydrogens (primary N) is 1. The van der Waals surface area contributed by atoms with Crippen molar-refractivity contribution < 1.29 is 18.3 Å². The Morgan fingerprint density at radius 2 is 2.05 bits per heavy atom. The molecule has 2 N–H and O–H groups in total. The lowest BCUT2D eigenvalue weighted by Crippen LogP contribution is -2.47. The smallest absolute Gasteiger partial charge is 0.375 e. The van der Waals surface area contributed by atoms with Gasteiger partial charge in [-0.25, -0.2) is 0 Å². The van der Waals surface area contributed by atoms with Crippen LogP contribution in [-0.2, 0) is 9.53 Å². The Balaban J connectivity index is 2.06. The van der Waals surface area contributed by atoms with Crippen LogP contribution in [-0.4, -0.2) is 42.4 Å².